The Morgan fingerprint density at radius 3 is 2.71 bits per heavy atom. The summed E-state index contributed by atoms with van der Waals surface area (Å²) < 4.78 is 10.6. The van der Waals surface area contributed by atoms with Crippen LogP contribution in [0, 0.1) is 0 Å². The molecule has 1 aromatic heterocycles. The smallest absolute Gasteiger partial charge is 0.231 e. The molecule has 1 aliphatic heterocycles. The zero-order chi connectivity index (χ0) is 14.5. The first-order valence-electron chi connectivity index (χ1n) is 6.60. The Morgan fingerprint density at radius 2 is 1.90 bits per heavy atom. The maximum Gasteiger partial charge on any atom is 0.231 e. The second-order valence-electron chi connectivity index (χ2n) is 4.59. The van der Waals surface area contributed by atoms with E-state index in [1.807, 2.05) is 36.5 Å². The molecule has 0 radical (unpaired) electrons. The fourth-order valence-corrected chi connectivity index (χ4v) is 2.13. The number of rotatable bonds is 4. The van der Waals surface area contributed by atoms with Gasteiger partial charge in [0.25, 0.3) is 0 Å². The van der Waals surface area contributed by atoms with Gasteiger partial charge in [0.05, 0.1) is 0 Å². The summed E-state index contributed by atoms with van der Waals surface area (Å²) in [7, 11) is 0. The van der Waals surface area contributed by atoms with Crippen molar-refractivity contribution in [2.24, 2.45) is 0 Å². The molecule has 21 heavy (non-hydrogen) atoms. The average molecular weight is 301 g/mol. The summed E-state index contributed by atoms with van der Waals surface area (Å²) in [5, 5.41) is 6.92. The van der Waals surface area contributed by atoms with Gasteiger partial charge in [0.2, 0.25) is 6.79 Å². The molecule has 6 heteroatoms. The van der Waals surface area contributed by atoms with E-state index in [9.17, 15) is 0 Å². The number of fused-ring (bicyclic) bond motifs is 1. The van der Waals surface area contributed by atoms with E-state index in [4.69, 9.17) is 21.7 Å². The number of ether oxygens (including phenoxy) is 2. The molecule has 0 atom stereocenters. The normalized spacial score (nSPS) is 12.0. The number of thiocarbonyl (C=S) groups is 1. The number of hydrogen-bond acceptors (Lipinski definition) is 4. The Kier molecular flexibility index (Phi) is 4.16. The predicted molar refractivity (Wildman–Crippen MR) is 83.1 cm³/mol. The summed E-state index contributed by atoms with van der Waals surface area (Å²) in [6.45, 7) is 1.58. The second kappa shape index (κ2) is 6.41. The number of nitrogens with one attached hydrogen (secondary N) is 2. The third-order valence-electron chi connectivity index (χ3n) is 3.07. The van der Waals surface area contributed by atoms with Crippen LogP contribution in [0.2, 0.25) is 0 Å². The highest BCUT2D eigenvalue weighted by atomic mass is 32.1. The molecule has 1 aliphatic rings. The second-order valence-corrected chi connectivity index (χ2v) is 4.99. The van der Waals surface area contributed by atoms with Crippen LogP contribution in [0.25, 0.3) is 0 Å². The molecular weight excluding hydrogens is 286 g/mol. The quantitative estimate of drug-likeness (QED) is 0.842. The molecule has 0 spiro atoms. The van der Waals surface area contributed by atoms with Crippen LogP contribution in [-0.2, 0) is 13.1 Å². The molecule has 2 aromatic rings. The minimum atomic E-state index is 0.289. The average Bonchev–Trinajstić information content (AvgIpc) is 2.99. The molecule has 2 N–H and O–H groups in total. The Morgan fingerprint density at radius 1 is 1.10 bits per heavy atom. The van der Waals surface area contributed by atoms with Crippen molar-refractivity contribution >= 4 is 17.3 Å². The van der Waals surface area contributed by atoms with Crippen LogP contribution in [0.4, 0.5) is 0 Å². The summed E-state index contributed by atoms with van der Waals surface area (Å²) in [5.41, 5.74) is 2.18. The van der Waals surface area contributed by atoms with Crippen LogP contribution in [0.5, 0.6) is 11.5 Å². The zero-order valence-electron chi connectivity index (χ0n) is 11.3. The van der Waals surface area contributed by atoms with Gasteiger partial charge in [-0.3, -0.25) is 4.98 Å². The molecule has 1 aromatic carbocycles. The van der Waals surface area contributed by atoms with Gasteiger partial charge in [-0.05, 0) is 41.5 Å². The van der Waals surface area contributed by atoms with Crippen molar-refractivity contribution in [1.82, 2.24) is 15.6 Å². The molecule has 0 fully saturated rings. The first-order chi connectivity index (χ1) is 10.3. The highest BCUT2D eigenvalue weighted by Crippen LogP contribution is 2.32. The molecule has 0 bridgehead atoms. The van der Waals surface area contributed by atoms with Gasteiger partial charge >= 0.3 is 0 Å². The van der Waals surface area contributed by atoms with Gasteiger partial charge < -0.3 is 20.1 Å². The Bertz CT molecular complexity index is 634. The summed E-state index contributed by atoms with van der Waals surface area (Å²) >= 11 is 5.25. The SMILES string of the molecule is S=C(NCc1cccnc1)NCc1ccc2c(c1)OCO2. The minimum Gasteiger partial charge on any atom is -0.454 e. The summed E-state index contributed by atoms with van der Waals surface area (Å²) in [6, 6.07) is 9.76. The van der Waals surface area contributed by atoms with Gasteiger partial charge in [-0.1, -0.05) is 12.1 Å². The van der Waals surface area contributed by atoms with Crippen LogP contribution < -0.4 is 20.1 Å². The van der Waals surface area contributed by atoms with Crippen molar-refractivity contribution in [3.8, 4) is 11.5 Å². The third kappa shape index (κ3) is 3.61. The first kappa shape index (κ1) is 13.6. The Balaban J connectivity index is 1.47. The van der Waals surface area contributed by atoms with Crippen LogP contribution in [0.1, 0.15) is 11.1 Å². The third-order valence-corrected chi connectivity index (χ3v) is 3.35. The molecule has 0 aliphatic carbocycles. The maximum atomic E-state index is 5.35. The van der Waals surface area contributed by atoms with Gasteiger partial charge in [0, 0.05) is 25.5 Å². The highest BCUT2D eigenvalue weighted by Gasteiger charge is 2.12. The van der Waals surface area contributed by atoms with Gasteiger partial charge in [-0.15, -0.1) is 0 Å². The molecule has 0 saturated carbocycles. The molecule has 3 rings (SSSR count). The van der Waals surface area contributed by atoms with Crippen molar-refractivity contribution in [2.75, 3.05) is 6.79 Å². The fraction of sp³-hybridized carbons (Fsp3) is 0.200. The van der Waals surface area contributed by atoms with Crippen LogP contribution in [0.15, 0.2) is 42.7 Å². The van der Waals surface area contributed by atoms with Crippen molar-refractivity contribution in [3.63, 3.8) is 0 Å². The minimum absolute atomic E-state index is 0.289. The lowest BCUT2D eigenvalue weighted by Gasteiger charge is -2.10. The molecule has 108 valence electrons. The lowest BCUT2D eigenvalue weighted by Crippen LogP contribution is -2.34. The van der Waals surface area contributed by atoms with E-state index in [0.717, 1.165) is 22.6 Å². The van der Waals surface area contributed by atoms with Crippen molar-refractivity contribution in [1.29, 1.82) is 0 Å². The number of benzene rings is 1. The number of pyridine rings is 1. The molecule has 2 heterocycles. The van der Waals surface area contributed by atoms with Crippen molar-refractivity contribution in [3.05, 3.63) is 53.9 Å². The molecule has 5 nitrogen and oxygen atoms in total. The van der Waals surface area contributed by atoms with E-state index >= 15 is 0 Å². The molecule has 0 unspecified atom stereocenters. The van der Waals surface area contributed by atoms with Crippen molar-refractivity contribution < 1.29 is 9.47 Å². The number of nitrogens with zero attached hydrogens (tertiary/aromatic N) is 1. The maximum absolute atomic E-state index is 5.35. The standard InChI is InChI=1S/C15H15N3O2S/c21-15(18-9-12-2-1-5-16-7-12)17-8-11-3-4-13-14(6-11)20-10-19-13/h1-7H,8-10H2,(H2,17,18,21). The van der Waals surface area contributed by atoms with Gasteiger partial charge in [-0.2, -0.15) is 0 Å². The topological polar surface area (TPSA) is 55.4 Å². The molecular formula is C15H15N3O2S. The zero-order valence-corrected chi connectivity index (χ0v) is 12.2. The molecule has 0 saturated heterocycles. The van der Waals surface area contributed by atoms with Crippen molar-refractivity contribution in [2.45, 2.75) is 13.1 Å². The van der Waals surface area contributed by atoms with Crippen LogP contribution in [0.3, 0.4) is 0 Å². The molecule has 0 amide bonds. The largest absolute Gasteiger partial charge is 0.454 e. The number of hydrogen-bond donors (Lipinski definition) is 2. The first-order valence-corrected chi connectivity index (χ1v) is 7.01. The lowest BCUT2D eigenvalue weighted by atomic mass is 10.2. The summed E-state index contributed by atoms with van der Waals surface area (Å²) in [6.07, 6.45) is 3.56. The number of aromatic nitrogens is 1. The lowest BCUT2D eigenvalue weighted by molar-refractivity contribution is 0.174. The van der Waals surface area contributed by atoms with E-state index in [1.54, 1.807) is 6.20 Å². The van der Waals surface area contributed by atoms with Gasteiger partial charge in [0.15, 0.2) is 16.6 Å². The van der Waals surface area contributed by atoms with Crippen LogP contribution in [-0.4, -0.2) is 16.9 Å². The summed E-state index contributed by atoms with van der Waals surface area (Å²) in [5.74, 6) is 1.57. The van der Waals surface area contributed by atoms with E-state index in [-0.39, 0.29) is 6.79 Å². The fourth-order valence-electron chi connectivity index (χ4n) is 1.98. The Labute approximate surface area is 128 Å². The predicted octanol–water partition coefficient (Wildman–Crippen LogP) is 1.97. The Hall–Kier alpha value is -2.34. The van der Waals surface area contributed by atoms with Gasteiger partial charge in [0.1, 0.15) is 0 Å². The van der Waals surface area contributed by atoms with E-state index in [0.29, 0.717) is 18.2 Å². The van der Waals surface area contributed by atoms with Crippen LogP contribution >= 0.6 is 12.2 Å². The summed E-state index contributed by atoms with van der Waals surface area (Å²) in [4.78, 5) is 4.06. The van der Waals surface area contributed by atoms with E-state index in [2.05, 4.69) is 15.6 Å². The van der Waals surface area contributed by atoms with E-state index in [1.165, 1.54) is 0 Å². The highest BCUT2D eigenvalue weighted by molar-refractivity contribution is 7.80. The van der Waals surface area contributed by atoms with E-state index < -0.39 is 0 Å². The van der Waals surface area contributed by atoms with Gasteiger partial charge in [-0.25, -0.2) is 0 Å². The monoisotopic (exact) mass is 301 g/mol.